The number of pyridine rings is 1. The van der Waals surface area contributed by atoms with Crippen LogP contribution < -0.4 is 4.74 Å². The second-order valence-electron chi connectivity index (χ2n) is 10.4. The number of carbonyl (C=O) groups is 1. The Labute approximate surface area is 251 Å². The molecule has 0 aliphatic carbocycles. The highest BCUT2D eigenvalue weighted by molar-refractivity contribution is 7.89. The van der Waals surface area contributed by atoms with Crippen molar-refractivity contribution < 1.29 is 23.1 Å². The SMILES string of the molecule is CC[C@@H]1CN(Cc2cc3cc(-c4cc(CCC(=O)O)c(C)c5nnn(C)c45)ccc3s2)S(=O)(=O)c2ccc(Cl)nc2O1. The fraction of sp³-hybridized carbons (Fsp3) is 0.310. The minimum atomic E-state index is -3.87. The third-order valence-electron chi connectivity index (χ3n) is 7.61. The molecule has 0 saturated heterocycles. The Bertz CT molecular complexity index is 1970. The summed E-state index contributed by atoms with van der Waals surface area (Å²) >= 11 is 7.57. The van der Waals surface area contributed by atoms with Gasteiger partial charge in [-0.2, -0.15) is 4.31 Å². The van der Waals surface area contributed by atoms with Gasteiger partial charge in [0.2, 0.25) is 15.9 Å². The third kappa shape index (κ3) is 5.13. The van der Waals surface area contributed by atoms with Crippen molar-refractivity contribution in [3.8, 4) is 17.0 Å². The molecule has 0 saturated carbocycles. The topological polar surface area (TPSA) is 128 Å². The van der Waals surface area contributed by atoms with E-state index in [1.807, 2.05) is 45.2 Å². The average molecular weight is 626 g/mol. The van der Waals surface area contributed by atoms with Gasteiger partial charge < -0.3 is 9.84 Å². The van der Waals surface area contributed by atoms with E-state index in [-0.39, 0.29) is 41.5 Å². The first kappa shape index (κ1) is 28.5. The predicted octanol–water partition coefficient (Wildman–Crippen LogP) is 5.59. The second-order valence-corrected chi connectivity index (χ2v) is 13.8. The van der Waals surface area contributed by atoms with Gasteiger partial charge in [0.1, 0.15) is 21.7 Å². The molecule has 0 amide bonds. The molecule has 218 valence electrons. The minimum Gasteiger partial charge on any atom is -0.481 e. The van der Waals surface area contributed by atoms with Crippen LogP contribution in [0.25, 0.3) is 32.2 Å². The lowest BCUT2D eigenvalue weighted by molar-refractivity contribution is -0.136. The van der Waals surface area contributed by atoms with Gasteiger partial charge in [-0.05, 0) is 78.2 Å². The molecule has 13 heteroatoms. The number of carboxylic acid groups (broad SMARTS) is 1. The Balaban J connectivity index is 1.38. The standard InChI is InChI=1S/C29H28ClN5O5S2/c1-4-20-14-35(42(38,39)24-8-9-25(30)31-29(24)40-20)15-21-12-19-11-18(5-7-23(19)41-21)22-13-17(6-10-26(36)37)16(2)27-28(22)34(3)33-32-27/h5,7-9,11-13,20H,4,6,10,14-15H2,1-3H3,(H,36,37)/t20-/m1/s1. The van der Waals surface area contributed by atoms with Crippen molar-refractivity contribution in [3.05, 3.63) is 63.6 Å². The fourth-order valence-corrected chi connectivity index (χ4v) is 8.15. The van der Waals surface area contributed by atoms with Crippen LogP contribution in [0.1, 0.15) is 35.8 Å². The third-order valence-corrected chi connectivity index (χ3v) is 10.7. The molecule has 1 aliphatic rings. The Morgan fingerprint density at radius 3 is 2.79 bits per heavy atom. The fourth-order valence-electron chi connectivity index (χ4n) is 5.36. The lowest BCUT2D eigenvalue weighted by atomic mass is 9.94. The molecule has 2 aromatic carbocycles. The van der Waals surface area contributed by atoms with Crippen molar-refractivity contribution in [1.82, 2.24) is 24.3 Å². The summed E-state index contributed by atoms with van der Waals surface area (Å²) in [6, 6.07) is 13.1. The van der Waals surface area contributed by atoms with Gasteiger partial charge in [-0.25, -0.2) is 18.1 Å². The summed E-state index contributed by atoms with van der Waals surface area (Å²) in [5, 5.41) is 19.0. The van der Waals surface area contributed by atoms with Gasteiger partial charge in [0.05, 0.1) is 12.1 Å². The molecule has 1 atom stereocenters. The smallest absolute Gasteiger partial charge is 0.303 e. The van der Waals surface area contributed by atoms with Crippen molar-refractivity contribution in [3.63, 3.8) is 0 Å². The van der Waals surface area contributed by atoms with Crippen LogP contribution in [-0.2, 0) is 34.8 Å². The number of halogens is 1. The van der Waals surface area contributed by atoms with Crippen molar-refractivity contribution in [2.75, 3.05) is 6.54 Å². The quantitative estimate of drug-likeness (QED) is 0.232. The molecule has 0 unspecified atom stereocenters. The van der Waals surface area contributed by atoms with E-state index in [1.54, 1.807) is 16.0 Å². The van der Waals surface area contributed by atoms with Gasteiger partial charge in [-0.3, -0.25) is 4.79 Å². The zero-order valence-electron chi connectivity index (χ0n) is 23.2. The van der Waals surface area contributed by atoms with E-state index in [0.29, 0.717) is 12.8 Å². The number of fused-ring (bicyclic) bond motifs is 3. The zero-order chi connectivity index (χ0) is 29.8. The lowest BCUT2D eigenvalue weighted by Crippen LogP contribution is -2.36. The molecule has 1 N–H and O–H groups in total. The number of sulfonamides is 1. The summed E-state index contributed by atoms with van der Waals surface area (Å²) in [4.78, 5) is 16.3. The van der Waals surface area contributed by atoms with Crippen LogP contribution >= 0.6 is 22.9 Å². The maximum Gasteiger partial charge on any atom is 0.303 e. The number of thiophene rings is 1. The predicted molar refractivity (Wildman–Crippen MR) is 162 cm³/mol. The highest BCUT2D eigenvalue weighted by Gasteiger charge is 2.35. The summed E-state index contributed by atoms with van der Waals surface area (Å²) in [7, 11) is -2.03. The van der Waals surface area contributed by atoms with Crippen LogP contribution in [0.3, 0.4) is 0 Å². The van der Waals surface area contributed by atoms with E-state index >= 15 is 0 Å². The first-order chi connectivity index (χ1) is 20.0. The second kappa shape index (κ2) is 10.9. The van der Waals surface area contributed by atoms with Gasteiger partial charge in [-0.15, -0.1) is 16.4 Å². The maximum absolute atomic E-state index is 13.7. The molecule has 3 aromatic heterocycles. The van der Waals surface area contributed by atoms with E-state index < -0.39 is 16.0 Å². The first-order valence-corrected chi connectivity index (χ1v) is 16.1. The molecule has 5 aromatic rings. The van der Waals surface area contributed by atoms with Crippen LogP contribution in [-0.4, -0.2) is 56.4 Å². The molecule has 6 rings (SSSR count). The highest BCUT2D eigenvalue weighted by Crippen LogP contribution is 2.37. The monoisotopic (exact) mass is 625 g/mol. The average Bonchev–Trinajstić information content (AvgIpc) is 3.51. The number of carboxylic acids is 1. The van der Waals surface area contributed by atoms with Gasteiger partial charge in [0.15, 0.2) is 0 Å². The van der Waals surface area contributed by atoms with E-state index in [2.05, 4.69) is 21.4 Å². The van der Waals surface area contributed by atoms with Crippen LogP contribution in [0.4, 0.5) is 0 Å². The number of aryl methyl sites for hydroxylation is 3. The van der Waals surface area contributed by atoms with E-state index in [1.165, 1.54) is 16.4 Å². The van der Waals surface area contributed by atoms with Crippen LogP contribution in [0.2, 0.25) is 5.15 Å². The summed E-state index contributed by atoms with van der Waals surface area (Å²) in [6.07, 6.45) is 0.663. The molecule has 10 nitrogen and oxygen atoms in total. The molecule has 0 fully saturated rings. The first-order valence-electron chi connectivity index (χ1n) is 13.4. The maximum atomic E-state index is 13.7. The van der Waals surface area contributed by atoms with E-state index in [0.717, 1.165) is 48.3 Å². The van der Waals surface area contributed by atoms with Crippen LogP contribution in [0.15, 0.2) is 47.4 Å². The number of rotatable bonds is 7. The molecule has 0 bridgehead atoms. The number of aliphatic carboxylic acids is 1. The Morgan fingerprint density at radius 1 is 1.21 bits per heavy atom. The largest absolute Gasteiger partial charge is 0.481 e. The Hall–Kier alpha value is -3.58. The summed E-state index contributed by atoms with van der Waals surface area (Å²) < 4.78 is 37.5. The molecular weight excluding hydrogens is 598 g/mol. The molecule has 0 spiro atoms. The molecule has 1 aliphatic heterocycles. The number of hydrogen-bond acceptors (Lipinski definition) is 8. The van der Waals surface area contributed by atoms with Crippen molar-refractivity contribution in [2.24, 2.45) is 7.05 Å². The van der Waals surface area contributed by atoms with Crippen LogP contribution in [0.5, 0.6) is 5.88 Å². The van der Waals surface area contributed by atoms with Gasteiger partial charge >= 0.3 is 5.97 Å². The summed E-state index contributed by atoms with van der Waals surface area (Å²) in [6.45, 7) is 4.28. The number of aromatic nitrogens is 4. The van der Waals surface area contributed by atoms with Gasteiger partial charge in [0, 0.05) is 35.2 Å². The highest BCUT2D eigenvalue weighted by atomic mass is 35.5. The van der Waals surface area contributed by atoms with E-state index in [4.69, 9.17) is 16.3 Å². The Kier molecular flexibility index (Phi) is 7.42. The summed E-state index contributed by atoms with van der Waals surface area (Å²) in [5.41, 5.74) is 5.32. The molecule has 0 radical (unpaired) electrons. The molecular formula is C29H28ClN5O5S2. The minimum absolute atomic E-state index is 0.0122. The van der Waals surface area contributed by atoms with E-state index in [9.17, 15) is 18.3 Å². The Morgan fingerprint density at radius 2 is 2.02 bits per heavy atom. The van der Waals surface area contributed by atoms with Gasteiger partial charge in [0.25, 0.3) is 0 Å². The van der Waals surface area contributed by atoms with Gasteiger partial charge in [-0.1, -0.05) is 29.8 Å². The van der Waals surface area contributed by atoms with Crippen LogP contribution in [0, 0.1) is 6.92 Å². The number of ether oxygens (including phenoxy) is 1. The number of hydrogen-bond donors (Lipinski definition) is 1. The zero-order valence-corrected chi connectivity index (χ0v) is 25.6. The number of benzene rings is 2. The molecule has 4 heterocycles. The lowest BCUT2D eigenvalue weighted by Gasteiger charge is -2.21. The summed E-state index contributed by atoms with van der Waals surface area (Å²) in [5.74, 6) is -0.816. The van der Waals surface area contributed by atoms with Crippen molar-refractivity contribution in [1.29, 1.82) is 0 Å². The number of nitrogens with zero attached hydrogens (tertiary/aromatic N) is 5. The van der Waals surface area contributed by atoms with Crippen molar-refractivity contribution in [2.45, 2.75) is 50.7 Å². The molecule has 42 heavy (non-hydrogen) atoms. The van der Waals surface area contributed by atoms with Crippen molar-refractivity contribution >= 4 is 60.0 Å². The normalized spacial score (nSPS) is 16.8.